The standard InChI is InChI=1S/C24H26N4O4/c1-23(2)20-12-13-24(23,3)22(26-15-17-6-10-19(11-7-17)28(31)32)21(20)25-14-16-4-8-18(9-5-16)27(29)30/h4-11,14-15,20-22H,12-13H2,1-3H3. The summed E-state index contributed by atoms with van der Waals surface area (Å²) in [4.78, 5) is 30.8. The minimum atomic E-state index is -0.414. The third-order valence-corrected chi connectivity index (χ3v) is 7.75. The Morgan fingerprint density at radius 2 is 1.31 bits per heavy atom. The summed E-state index contributed by atoms with van der Waals surface area (Å²) >= 11 is 0. The number of hydrogen-bond acceptors (Lipinski definition) is 6. The van der Waals surface area contributed by atoms with E-state index in [1.54, 1.807) is 36.7 Å². The Balaban J connectivity index is 1.61. The van der Waals surface area contributed by atoms with Crippen LogP contribution >= 0.6 is 0 Å². The number of rotatable bonds is 6. The molecular weight excluding hydrogens is 408 g/mol. The van der Waals surface area contributed by atoms with Gasteiger partial charge in [-0.3, -0.25) is 30.2 Å². The van der Waals surface area contributed by atoms with Gasteiger partial charge in [-0.25, -0.2) is 0 Å². The van der Waals surface area contributed by atoms with Crippen LogP contribution in [0.5, 0.6) is 0 Å². The molecule has 2 aliphatic carbocycles. The topological polar surface area (TPSA) is 111 Å². The van der Waals surface area contributed by atoms with Crippen LogP contribution in [-0.4, -0.2) is 34.4 Å². The van der Waals surface area contributed by atoms with Crippen LogP contribution in [0.3, 0.4) is 0 Å². The lowest BCUT2D eigenvalue weighted by molar-refractivity contribution is -0.385. The summed E-state index contributed by atoms with van der Waals surface area (Å²) in [6.07, 6.45) is 5.76. The van der Waals surface area contributed by atoms with Crippen molar-refractivity contribution in [1.29, 1.82) is 0 Å². The Kier molecular flexibility index (Phi) is 5.40. The number of fused-ring (bicyclic) bond motifs is 2. The highest BCUT2D eigenvalue weighted by Gasteiger charge is 2.66. The molecule has 0 spiro atoms. The maximum atomic E-state index is 10.9. The number of nitrogens with zero attached hydrogens (tertiary/aromatic N) is 4. The van der Waals surface area contributed by atoms with E-state index in [1.807, 2.05) is 0 Å². The molecule has 4 unspecified atom stereocenters. The number of hydrogen-bond donors (Lipinski definition) is 0. The molecule has 4 rings (SSSR count). The molecule has 2 aromatic rings. The second-order valence-electron chi connectivity index (χ2n) is 9.47. The Hall–Kier alpha value is -3.42. The average molecular weight is 434 g/mol. The highest BCUT2D eigenvalue weighted by atomic mass is 16.6. The largest absolute Gasteiger partial charge is 0.287 e. The maximum absolute atomic E-state index is 10.9. The van der Waals surface area contributed by atoms with Crippen molar-refractivity contribution in [3.63, 3.8) is 0 Å². The Morgan fingerprint density at radius 1 is 0.844 bits per heavy atom. The zero-order chi connectivity index (χ0) is 23.1. The number of benzene rings is 2. The molecule has 0 N–H and O–H groups in total. The van der Waals surface area contributed by atoms with Crippen molar-refractivity contribution < 1.29 is 9.85 Å². The van der Waals surface area contributed by atoms with Gasteiger partial charge in [0.15, 0.2) is 0 Å². The minimum Gasteiger partial charge on any atom is -0.287 e. The summed E-state index contributed by atoms with van der Waals surface area (Å²) in [6.45, 7) is 6.87. The number of aliphatic imine (C=N–C) groups is 2. The summed E-state index contributed by atoms with van der Waals surface area (Å²) in [5, 5.41) is 21.8. The molecule has 2 fully saturated rings. The zero-order valence-corrected chi connectivity index (χ0v) is 18.3. The van der Waals surface area contributed by atoms with E-state index in [-0.39, 0.29) is 34.3 Å². The van der Waals surface area contributed by atoms with E-state index in [9.17, 15) is 20.2 Å². The second kappa shape index (κ2) is 7.93. The lowest BCUT2D eigenvalue weighted by atomic mass is 9.69. The molecule has 4 atom stereocenters. The molecule has 2 saturated carbocycles. The molecule has 8 nitrogen and oxygen atoms in total. The SMILES string of the molecule is CC1(C)C2CCC1(C)C(N=Cc1ccc([N+](=O)[O-])cc1)C2N=Cc1ccc([N+](=O)[O-])cc1. The lowest BCUT2D eigenvalue weighted by Crippen LogP contribution is -2.38. The van der Waals surface area contributed by atoms with Gasteiger partial charge in [0.05, 0.1) is 21.9 Å². The van der Waals surface area contributed by atoms with Crippen LogP contribution in [0.15, 0.2) is 58.5 Å². The van der Waals surface area contributed by atoms with Gasteiger partial charge in [0.1, 0.15) is 0 Å². The average Bonchev–Trinajstić information content (AvgIpc) is 3.09. The van der Waals surface area contributed by atoms with Crippen molar-refractivity contribution in [2.24, 2.45) is 26.7 Å². The number of non-ortho nitro benzene ring substituents is 2. The second-order valence-corrected chi connectivity index (χ2v) is 9.47. The predicted octanol–water partition coefficient (Wildman–Crippen LogP) is 5.23. The summed E-state index contributed by atoms with van der Waals surface area (Å²) in [5.74, 6) is 0.390. The lowest BCUT2D eigenvalue weighted by Gasteiger charge is -2.37. The normalized spacial score (nSPS) is 28.5. The monoisotopic (exact) mass is 434 g/mol. The van der Waals surface area contributed by atoms with E-state index < -0.39 is 9.85 Å². The molecule has 2 bridgehead atoms. The Morgan fingerprint density at radius 3 is 1.78 bits per heavy atom. The maximum Gasteiger partial charge on any atom is 0.269 e. The first-order valence-corrected chi connectivity index (χ1v) is 10.7. The van der Waals surface area contributed by atoms with Gasteiger partial charge in [0, 0.05) is 36.7 Å². The van der Waals surface area contributed by atoms with Gasteiger partial charge in [-0.2, -0.15) is 0 Å². The number of nitro groups is 2. The van der Waals surface area contributed by atoms with Gasteiger partial charge in [-0.05, 0) is 65.0 Å². The van der Waals surface area contributed by atoms with Crippen molar-refractivity contribution in [2.45, 2.75) is 45.7 Å². The molecule has 166 valence electrons. The van der Waals surface area contributed by atoms with Gasteiger partial charge in [0.2, 0.25) is 0 Å². The van der Waals surface area contributed by atoms with Crippen molar-refractivity contribution in [2.75, 3.05) is 0 Å². The van der Waals surface area contributed by atoms with Gasteiger partial charge in [0.25, 0.3) is 11.4 Å². The molecule has 8 heteroatoms. The van der Waals surface area contributed by atoms with Crippen molar-refractivity contribution in [1.82, 2.24) is 0 Å². The van der Waals surface area contributed by atoms with E-state index in [0.717, 1.165) is 24.0 Å². The van der Waals surface area contributed by atoms with Crippen LogP contribution in [-0.2, 0) is 0 Å². The molecule has 32 heavy (non-hydrogen) atoms. The van der Waals surface area contributed by atoms with E-state index in [1.165, 1.54) is 24.3 Å². The summed E-state index contributed by atoms with van der Waals surface area (Å²) in [6, 6.07) is 12.8. The first-order valence-electron chi connectivity index (χ1n) is 10.7. The highest BCUT2D eigenvalue weighted by molar-refractivity contribution is 5.81. The Labute approximate surface area is 186 Å². The van der Waals surface area contributed by atoms with Crippen molar-refractivity contribution in [3.05, 3.63) is 79.9 Å². The van der Waals surface area contributed by atoms with Crippen LogP contribution in [0.2, 0.25) is 0 Å². The van der Waals surface area contributed by atoms with Crippen LogP contribution < -0.4 is 0 Å². The first kappa shape index (κ1) is 21.8. The summed E-state index contributed by atoms with van der Waals surface area (Å²) in [7, 11) is 0. The molecule has 0 saturated heterocycles. The van der Waals surface area contributed by atoms with E-state index in [4.69, 9.17) is 9.98 Å². The molecule has 0 heterocycles. The molecule has 0 amide bonds. The molecular formula is C24H26N4O4. The zero-order valence-electron chi connectivity index (χ0n) is 18.3. The third-order valence-electron chi connectivity index (χ3n) is 7.75. The van der Waals surface area contributed by atoms with Gasteiger partial charge in [-0.1, -0.05) is 20.8 Å². The molecule has 0 aliphatic heterocycles. The molecule has 2 aliphatic rings. The van der Waals surface area contributed by atoms with Crippen molar-refractivity contribution >= 4 is 23.8 Å². The van der Waals surface area contributed by atoms with Gasteiger partial charge in [-0.15, -0.1) is 0 Å². The summed E-state index contributed by atoms with van der Waals surface area (Å²) < 4.78 is 0. The molecule has 2 aromatic carbocycles. The third kappa shape index (κ3) is 3.59. The van der Waals surface area contributed by atoms with Gasteiger partial charge < -0.3 is 0 Å². The van der Waals surface area contributed by atoms with Crippen LogP contribution in [0.1, 0.15) is 44.7 Å². The predicted molar refractivity (Wildman–Crippen MR) is 124 cm³/mol. The van der Waals surface area contributed by atoms with Crippen LogP contribution in [0.4, 0.5) is 11.4 Å². The van der Waals surface area contributed by atoms with Crippen LogP contribution in [0, 0.1) is 37.0 Å². The highest BCUT2D eigenvalue weighted by Crippen LogP contribution is 2.67. The van der Waals surface area contributed by atoms with E-state index in [0.29, 0.717) is 5.92 Å². The fourth-order valence-corrected chi connectivity index (χ4v) is 5.43. The van der Waals surface area contributed by atoms with Gasteiger partial charge >= 0.3 is 0 Å². The van der Waals surface area contributed by atoms with Crippen LogP contribution in [0.25, 0.3) is 0 Å². The number of nitro benzene ring substituents is 2. The minimum absolute atomic E-state index is 0.00752. The first-order chi connectivity index (χ1) is 15.1. The van der Waals surface area contributed by atoms with Crippen molar-refractivity contribution in [3.8, 4) is 0 Å². The molecule has 0 radical (unpaired) electrons. The fourth-order valence-electron chi connectivity index (χ4n) is 5.43. The quantitative estimate of drug-likeness (QED) is 0.352. The van der Waals surface area contributed by atoms with E-state index >= 15 is 0 Å². The molecule has 0 aromatic heterocycles. The Bertz CT molecular complexity index is 1090. The van der Waals surface area contributed by atoms with E-state index in [2.05, 4.69) is 20.8 Å². The summed E-state index contributed by atoms with van der Waals surface area (Å²) in [5.41, 5.74) is 1.81. The smallest absolute Gasteiger partial charge is 0.269 e. The fraction of sp³-hybridized carbons (Fsp3) is 0.417.